The van der Waals surface area contributed by atoms with E-state index in [1.807, 2.05) is 27.0 Å². The first-order valence-corrected chi connectivity index (χ1v) is 3.32. The van der Waals surface area contributed by atoms with Crippen LogP contribution in [0.4, 0.5) is 0 Å². The smallest absolute Gasteiger partial charge is 0.0500 e. The molecule has 2 nitrogen and oxygen atoms in total. The fraction of sp³-hybridized carbons (Fsp3) is 0.500. The van der Waals surface area contributed by atoms with Crippen molar-refractivity contribution in [3.8, 4) is 0 Å². The number of hydrogen-bond acceptors (Lipinski definition) is 2. The molecular weight excluding hydrogens is 124 g/mol. The van der Waals surface area contributed by atoms with E-state index in [4.69, 9.17) is 5.73 Å². The maximum absolute atomic E-state index is 5.80. The number of nitrogens with two attached hydrogens (primary N) is 1. The highest BCUT2D eigenvalue weighted by atomic mass is 14.9. The van der Waals surface area contributed by atoms with Gasteiger partial charge >= 0.3 is 0 Å². The van der Waals surface area contributed by atoms with Gasteiger partial charge in [-0.3, -0.25) is 0 Å². The average Bonchev–Trinajstić information content (AvgIpc) is 1.80. The molecule has 58 valence electrons. The van der Waals surface area contributed by atoms with Crippen LogP contribution in [-0.4, -0.2) is 12.6 Å². The maximum Gasteiger partial charge on any atom is 0.0500 e. The lowest BCUT2D eigenvalue weighted by Gasteiger charge is -2.22. The van der Waals surface area contributed by atoms with Gasteiger partial charge in [0.2, 0.25) is 0 Å². The fourth-order valence-electron chi connectivity index (χ4n) is 0.738. The Morgan fingerprint density at radius 3 is 2.20 bits per heavy atom. The normalized spacial score (nSPS) is 13.0. The molecule has 0 aliphatic heterocycles. The van der Waals surface area contributed by atoms with Crippen LogP contribution in [0.15, 0.2) is 24.4 Å². The van der Waals surface area contributed by atoms with Crippen molar-refractivity contribution in [3.05, 3.63) is 24.4 Å². The van der Waals surface area contributed by atoms with Crippen LogP contribution in [0.25, 0.3) is 0 Å². The molecule has 0 atom stereocenters. The molecule has 0 unspecified atom stereocenters. The largest absolute Gasteiger partial charge is 0.390 e. The van der Waals surface area contributed by atoms with Crippen molar-refractivity contribution in [2.45, 2.75) is 19.4 Å². The SMILES string of the molecule is C=C/C=C(\NC)C(C)(C)N. The Bertz CT molecular complexity index is 140. The van der Waals surface area contributed by atoms with Gasteiger partial charge in [-0.05, 0) is 19.9 Å². The predicted octanol–water partition coefficient (Wildman–Crippen LogP) is 1.01. The van der Waals surface area contributed by atoms with E-state index < -0.39 is 0 Å². The van der Waals surface area contributed by atoms with Gasteiger partial charge in [0, 0.05) is 12.7 Å². The zero-order chi connectivity index (χ0) is 8.20. The predicted molar refractivity (Wildman–Crippen MR) is 45.6 cm³/mol. The lowest BCUT2D eigenvalue weighted by Crippen LogP contribution is -2.39. The minimum atomic E-state index is -0.303. The van der Waals surface area contributed by atoms with E-state index in [1.165, 1.54) is 0 Å². The summed E-state index contributed by atoms with van der Waals surface area (Å²) < 4.78 is 0. The van der Waals surface area contributed by atoms with Crippen LogP contribution in [0.5, 0.6) is 0 Å². The third-order valence-corrected chi connectivity index (χ3v) is 1.25. The maximum atomic E-state index is 5.80. The lowest BCUT2D eigenvalue weighted by molar-refractivity contribution is 0.572. The molecule has 3 N–H and O–H groups in total. The molecule has 10 heavy (non-hydrogen) atoms. The van der Waals surface area contributed by atoms with Crippen molar-refractivity contribution in [2.75, 3.05) is 7.05 Å². The molecule has 0 aromatic rings. The molecule has 0 saturated carbocycles. The van der Waals surface area contributed by atoms with Crippen molar-refractivity contribution in [1.82, 2.24) is 5.32 Å². The molecule has 0 heterocycles. The second-order valence-corrected chi connectivity index (χ2v) is 2.79. The topological polar surface area (TPSA) is 38.0 Å². The molecule has 0 aliphatic rings. The van der Waals surface area contributed by atoms with Crippen molar-refractivity contribution in [2.24, 2.45) is 5.73 Å². The van der Waals surface area contributed by atoms with E-state index in [2.05, 4.69) is 11.9 Å². The monoisotopic (exact) mass is 140 g/mol. The molecule has 0 radical (unpaired) electrons. The molecule has 0 aliphatic carbocycles. The van der Waals surface area contributed by atoms with E-state index in [0.29, 0.717) is 0 Å². The minimum absolute atomic E-state index is 0.303. The molecule has 0 bridgehead atoms. The number of likely N-dealkylation sites (N-methyl/N-ethyl adjacent to an activating group) is 1. The Morgan fingerprint density at radius 2 is 2.10 bits per heavy atom. The van der Waals surface area contributed by atoms with Crippen LogP contribution in [0.3, 0.4) is 0 Å². The second-order valence-electron chi connectivity index (χ2n) is 2.79. The quantitative estimate of drug-likeness (QED) is 0.574. The Balaban J connectivity index is 4.35. The van der Waals surface area contributed by atoms with Crippen LogP contribution in [0.2, 0.25) is 0 Å². The first kappa shape index (κ1) is 9.24. The Kier molecular flexibility index (Phi) is 3.16. The summed E-state index contributed by atoms with van der Waals surface area (Å²) in [5.41, 5.74) is 6.48. The number of hydrogen-bond donors (Lipinski definition) is 2. The van der Waals surface area contributed by atoms with Gasteiger partial charge in [0.05, 0.1) is 5.54 Å². The third-order valence-electron chi connectivity index (χ3n) is 1.25. The zero-order valence-corrected chi connectivity index (χ0v) is 6.94. The molecule has 0 fully saturated rings. The summed E-state index contributed by atoms with van der Waals surface area (Å²) in [6.07, 6.45) is 3.60. The second kappa shape index (κ2) is 3.42. The summed E-state index contributed by atoms with van der Waals surface area (Å²) in [6.45, 7) is 7.48. The van der Waals surface area contributed by atoms with E-state index in [0.717, 1.165) is 5.70 Å². The molecule has 0 aromatic carbocycles. The fourth-order valence-corrected chi connectivity index (χ4v) is 0.738. The summed E-state index contributed by atoms with van der Waals surface area (Å²) >= 11 is 0. The summed E-state index contributed by atoms with van der Waals surface area (Å²) in [5, 5.41) is 3.01. The number of nitrogens with one attached hydrogen (secondary N) is 1. The number of rotatable bonds is 3. The molecule has 0 aromatic heterocycles. The first-order chi connectivity index (χ1) is 4.52. The van der Waals surface area contributed by atoms with Crippen LogP contribution < -0.4 is 11.1 Å². The van der Waals surface area contributed by atoms with Gasteiger partial charge in [0.25, 0.3) is 0 Å². The summed E-state index contributed by atoms with van der Waals surface area (Å²) in [7, 11) is 1.85. The van der Waals surface area contributed by atoms with Crippen molar-refractivity contribution in [3.63, 3.8) is 0 Å². The van der Waals surface area contributed by atoms with Gasteiger partial charge in [0.1, 0.15) is 0 Å². The van der Waals surface area contributed by atoms with Gasteiger partial charge in [0.15, 0.2) is 0 Å². The van der Waals surface area contributed by atoms with Gasteiger partial charge < -0.3 is 11.1 Å². The van der Waals surface area contributed by atoms with E-state index in [-0.39, 0.29) is 5.54 Å². The average molecular weight is 140 g/mol. The first-order valence-electron chi connectivity index (χ1n) is 3.32. The molecular formula is C8H16N2. The Morgan fingerprint density at radius 1 is 1.60 bits per heavy atom. The molecule has 0 rings (SSSR count). The standard InChI is InChI=1S/C8H16N2/c1-5-6-7(10-4)8(2,3)9/h5-6,10H,1,9H2,2-4H3/b7-6-. The minimum Gasteiger partial charge on any atom is -0.390 e. The highest BCUT2D eigenvalue weighted by molar-refractivity contribution is 5.18. The molecule has 0 saturated heterocycles. The summed E-state index contributed by atoms with van der Waals surface area (Å²) in [6, 6.07) is 0. The molecule has 2 heteroatoms. The van der Waals surface area contributed by atoms with Gasteiger partial charge in [-0.2, -0.15) is 0 Å². The van der Waals surface area contributed by atoms with E-state index in [1.54, 1.807) is 6.08 Å². The van der Waals surface area contributed by atoms with Crippen molar-refractivity contribution >= 4 is 0 Å². The van der Waals surface area contributed by atoms with Crippen LogP contribution >= 0.6 is 0 Å². The van der Waals surface area contributed by atoms with E-state index in [9.17, 15) is 0 Å². The molecule has 0 amide bonds. The lowest BCUT2D eigenvalue weighted by atomic mass is 10.0. The zero-order valence-electron chi connectivity index (χ0n) is 6.94. The number of allylic oxidation sites excluding steroid dienone is 2. The van der Waals surface area contributed by atoms with Crippen molar-refractivity contribution in [1.29, 1.82) is 0 Å². The van der Waals surface area contributed by atoms with Crippen LogP contribution in [-0.2, 0) is 0 Å². The van der Waals surface area contributed by atoms with Crippen LogP contribution in [0, 0.1) is 0 Å². The third kappa shape index (κ3) is 2.69. The highest BCUT2D eigenvalue weighted by Gasteiger charge is 2.14. The summed E-state index contributed by atoms with van der Waals surface area (Å²) in [5.74, 6) is 0. The van der Waals surface area contributed by atoms with Crippen LogP contribution in [0.1, 0.15) is 13.8 Å². The van der Waals surface area contributed by atoms with Gasteiger partial charge in [-0.25, -0.2) is 0 Å². The van der Waals surface area contributed by atoms with E-state index >= 15 is 0 Å². The van der Waals surface area contributed by atoms with Gasteiger partial charge in [-0.15, -0.1) is 0 Å². The van der Waals surface area contributed by atoms with Gasteiger partial charge in [-0.1, -0.05) is 12.7 Å². The Labute approximate surface area is 62.8 Å². The summed E-state index contributed by atoms with van der Waals surface area (Å²) in [4.78, 5) is 0. The van der Waals surface area contributed by atoms with Crippen molar-refractivity contribution < 1.29 is 0 Å². The molecule has 0 spiro atoms. The highest BCUT2D eigenvalue weighted by Crippen LogP contribution is 2.07. The Hall–Kier alpha value is -0.760.